The van der Waals surface area contributed by atoms with E-state index in [4.69, 9.17) is 5.11 Å². The second-order valence-corrected chi connectivity index (χ2v) is 1.20. The van der Waals surface area contributed by atoms with Gasteiger partial charge in [-0.2, -0.15) is 0 Å². The highest BCUT2D eigenvalue weighted by atomic mass is 16.6. The smallest absolute Gasteiger partial charge is 0.245 e. The Morgan fingerprint density at radius 3 is 2.50 bits per heavy atom. The lowest BCUT2D eigenvalue weighted by atomic mass is 10.4. The van der Waals surface area contributed by atoms with Gasteiger partial charge in [-0.3, -0.25) is 9.63 Å². The van der Waals surface area contributed by atoms with Crippen molar-refractivity contribution in [2.75, 3.05) is 20.8 Å². The van der Waals surface area contributed by atoms with Crippen molar-refractivity contribution in [1.82, 2.24) is 5.48 Å². The summed E-state index contributed by atoms with van der Waals surface area (Å²) in [6.07, 6.45) is 0.0911. The molecule has 0 aromatic heterocycles. The molecule has 62 valence electrons. The molecule has 4 N–H and O–H groups in total. The molecule has 0 aliphatic heterocycles. The quantitative estimate of drug-likeness (QED) is 0.433. The maximum Gasteiger partial charge on any atom is 0.245 e. The second kappa shape index (κ2) is 11.2. The Bertz CT molecular complexity index is 69.3. The summed E-state index contributed by atoms with van der Waals surface area (Å²) in [5, 5.41) is 8.15. The van der Waals surface area contributed by atoms with Crippen LogP contribution in [0.3, 0.4) is 0 Å². The van der Waals surface area contributed by atoms with Crippen LogP contribution >= 0.6 is 0 Å². The van der Waals surface area contributed by atoms with E-state index in [1.807, 2.05) is 5.48 Å². The minimum Gasteiger partial charge on any atom is -0.396 e. The maximum atomic E-state index is 10.2. The first-order valence-corrected chi connectivity index (χ1v) is 2.81. The number of hydrogen-bond acceptors (Lipinski definition) is 4. The van der Waals surface area contributed by atoms with E-state index in [0.29, 0.717) is 0 Å². The molecule has 0 aliphatic carbocycles. The molecule has 0 bridgehead atoms. The molecular formula is C5H14N2O3. The predicted octanol–water partition coefficient (Wildman–Crippen LogP) is -1.38. The molecule has 0 saturated carbocycles. The van der Waals surface area contributed by atoms with Gasteiger partial charge in [-0.05, 0) is 7.05 Å². The molecule has 0 unspecified atom stereocenters. The standard InChI is InChI=1S/C4H9NO3.CH5N/c1-8-5-4(7)2-3-6;1-2/h6H,2-3H2,1H3,(H,5,7);2H2,1H3. The van der Waals surface area contributed by atoms with E-state index in [1.165, 1.54) is 14.2 Å². The van der Waals surface area contributed by atoms with Crippen molar-refractivity contribution in [1.29, 1.82) is 0 Å². The summed E-state index contributed by atoms with van der Waals surface area (Å²) in [4.78, 5) is 14.5. The van der Waals surface area contributed by atoms with Crippen molar-refractivity contribution < 1.29 is 14.7 Å². The Morgan fingerprint density at radius 1 is 1.70 bits per heavy atom. The van der Waals surface area contributed by atoms with Crippen LogP contribution < -0.4 is 11.2 Å². The number of amides is 1. The molecule has 5 nitrogen and oxygen atoms in total. The summed E-state index contributed by atoms with van der Waals surface area (Å²) in [6, 6.07) is 0. The Balaban J connectivity index is 0. The third-order valence-electron chi connectivity index (χ3n) is 0.555. The summed E-state index contributed by atoms with van der Waals surface area (Å²) >= 11 is 0. The van der Waals surface area contributed by atoms with Crippen LogP contribution in [0.4, 0.5) is 0 Å². The van der Waals surface area contributed by atoms with Gasteiger partial charge in [0, 0.05) is 0 Å². The molecule has 0 saturated heterocycles. The topological polar surface area (TPSA) is 84.6 Å². The zero-order chi connectivity index (χ0) is 8.41. The van der Waals surface area contributed by atoms with Crippen molar-refractivity contribution in [2.24, 2.45) is 5.73 Å². The Hall–Kier alpha value is -0.650. The van der Waals surface area contributed by atoms with Gasteiger partial charge in [0.1, 0.15) is 0 Å². The Kier molecular flexibility index (Phi) is 13.5. The van der Waals surface area contributed by atoms with Crippen LogP contribution in [0.1, 0.15) is 6.42 Å². The normalized spacial score (nSPS) is 7.60. The van der Waals surface area contributed by atoms with E-state index in [9.17, 15) is 4.79 Å². The predicted molar refractivity (Wildman–Crippen MR) is 37.0 cm³/mol. The van der Waals surface area contributed by atoms with Crippen LogP contribution in [-0.2, 0) is 9.63 Å². The van der Waals surface area contributed by atoms with Gasteiger partial charge >= 0.3 is 0 Å². The minimum atomic E-state index is -0.310. The molecule has 0 radical (unpaired) electrons. The second-order valence-electron chi connectivity index (χ2n) is 1.20. The van der Waals surface area contributed by atoms with Crippen molar-refractivity contribution in [2.45, 2.75) is 6.42 Å². The summed E-state index contributed by atoms with van der Waals surface area (Å²) in [7, 11) is 2.84. The molecule has 0 aromatic rings. The van der Waals surface area contributed by atoms with Crippen molar-refractivity contribution in [3.8, 4) is 0 Å². The number of carbonyl (C=O) groups excluding carboxylic acids is 1. The molecule has 0 rings (SSSR count). The molecule has 0 heterocycles. The van der Waals surface area contributed by atoms with E-state index in [-0.39, 0.29) is 18.9 Å². The Labute approximate surface area is 60.1 Å². The number of aliphatic hydroxyl groups excluding tert-OH is 1. The number of carbonyl (C=O) groups is 1. The lowest BCUT2D eigenvalue weighted by Gasteiger charge is -1.96. The van der Waals surface area contributed by atoms with Crippen LogP contribution in [0.2, 0.25) is 0 Å². The third-order valence-corrected chi connectivity index (χ3v) is 0.555. The average Bonchev–Trinajstić information content (AvgIpc) is 1.93. The highest BCUT2D eigenvalue weighted by molar-refractivity contribution is 5.74. The van der Waals surface area contributed by atoms with Crippen molar-refractivity contribution in [3.63, 3.8) is 0 Å². The van der Waals surface area contributed by atoms with Gasteiger partial charge < -0.3 is 10.8 Å². The van der Waals surface area contributed by atoms with Crippen LogP contribution in [-0.4, -0.2) is 31.8 Å². The van der Waals surface area contributed by atoms with E-state index >= 15 is 0 Å². The first kappa shape index (κ1) is 12.1. The van der Waals surface area contributed by atoms with Gasteiger partial charge in [-0.15, -0.1) is 0 Å². The molecule has 0 fully saturated rings. The van der Waals surface area contributed by atoms with Gasteiger partial charge in [0.2, 0.25) is 5.91 Å². The molecule has 5 heteroatoms. The first-order chi connectivity index (χ1) is 4.81. The van der Waals surface area contributed by atoms with Crippen molar-refractivity contribution >= 4 is 5.91 Å². The zero-order valence-electron chi connectivity index (χ0n) is 6.26. The summed E-state index contributed by atoms with van der Waals surface area (Å²) < 4.78 is 0. The summed E-state index contributed by atoms with van der Waals surface area (Å²) in [6.45, 7) is -0.144. The van der Waals surface area contributed by atoms with E-state index in [1.54, 1.807) is 0 Å². The fraction of sp³-hybridized carbons (Fsp3) is 0.800. The van der Waals surface area contributed by atoms with Crippen LogP contribution in [0.25, 0.3) is 0 Å². The van der Waals surface area contributed by atoms with Crippen LogP contribution in [0, 0.1) is 0 Å². The summed E-state index contributed by atoms with van der Waals surface area (Å²) in [5.74, 6) is -0.310. The number of nitrogens with two attached hydrogens (primary N) is 1. The van der Waals surface area contributed by atoms with Gasteiger partial charge in [-0.25, -0.2) is 5.48 Å². The molecule has 0 aliphatic rings. The fourth-order valence-electron chi connectivity index (χ4n) is 0.266. The van der Waals surface area contributed by atoms with Crippen LogP contribution in [0.15, 0.2) is 0 Å². The van der Waals surface area contributed by atoms with E-state index in [2.05, 4.69) is 10.6 Å². The SMILES string of the molecule is CN.CONC(=O)CCO. The molecule has 0 spiro atoms. The number of nitrogens with one attached hydrogen (secondary N) is 1. The average molecular weight is 150 g/mol. The molecule has 0 aromatic carbocycles. The van der Waals surface area contributed by atoms with Gasteiger partial charge in [0.15, 0.2) is 0 Å². The van der Waals surface area contributed by atoms with Gasteiger partial charge in [-0.1, -0.05) is 0 Å². The highest BCUT2D eigenvalue weighted by Gasteiger charge is 1.94. The molecule has 10 heavy (non-hydrogen) atoms. The van der Waals surface area contributed by atoms with Gasteiger partial charge in [0.05, 0.1) is 20.1 Å². The largest absolute Gasteiger partial charge is 0.396 e. The van der Waals surface area contributed by atoms with Gasteiger partial charge in [0.25, 0.3) is 0 Å². The molecular weight excluding hydrogens is 136 g/mol. The Morgan fingerprint density at radius 2 is 2.20 bits per heavy atom. The molecule has 1 amide bonds. The monoisotopic (exact) mass is 150 g/mol. The lowest BCUT2D eigenvalue weighted by Crippen LogP contribution is -2.22. The van der Waals surface area contributed by atoms with Crippen molar-refractivity contribution in [3.05, 3.63) is 0 Å². The number of aliphatic hydroxyl groups is 1. The molecule has 0 atom stereocenters. The van der Waals surface area contributed by atoms with E-state index in [0.717, 1.165) is 0 Å². The maximum absolute atomic E-state index is 10.2. The third kappa shape index (κ3) is 10.4. The number of hydroxylamine groups is 1. The number of rotatable bonds is 3. The minimum absolute atomic E-state index is 0.0911. The number of hydrogen-bond donors (Lipinski definition) is 3. The first-order valence-electron chi connectivity index (χ1n) is 2.81. The fourth-order valence-corrected chi connectivity index (χ4v) is 0.266. The zero-order valence-corrected chi connectivity index (χ0v) is 6.26. The highest BCUT2D eigenvalue weighted by Crippen LogP contribution is 1.73. The van der Waals surface area contributed by atoms with Crippen LogP contribution in [0.5, 0.6) is 0 Å². The van der Waals surface area contributed by atoms with E-state index < -0.39 is 0 Å². The lowest BCUT2D eigenvalue weighted by molar-refractivity contribution is -0.131. The summed E-state index contributed by atoms with van der Waals surface area (Å²) in [5.41, 5.74) is 6.55.